The number of likely N-dealkylation sites (tertiary alicyclic amines) is 1. The Morgan fingerprint density at radius 1 is 1.27 bits per heavy atom. The smallest absolute Gasteiger partial charge is 0.222 e. The van der Waals surface area contributed by atoms with Crippen molar-refractivity contribution in [3.8, 4) is 0 Å². The average molecular weight is 410 g/mol. The highest BCUT2D eigenvalue weighted by Crippen LogP contribution is 2.34. The van der Waals surface area contributed by atoms with Gasteiger partial charge in [-0.3, -0.25) is 4.79 Å². The lowest BCUT2D eigenvalue weighted by Crippen LogP contribution is -2.51. The topological polar surface area (TPSA) is 56.1 Å². The predicted molar refractivity (Wildman–Crippen MR) is 117 cm³/mol. The number of carbonyl (C=O) groups excluding carboxylic acids is 1. The molecule has 0 radical (unpaired) electrons. The van der Waals surface area contributed by atoms with Gasteiger partial charge < -0.3 is 14.9 Å². The van der Waals surface area contributed by atoms with Crippen molar-refractivity contribution in [2.75, 3.05) is 19.6 Å². The van der Waals surface area contributed by atoms with Crippen molar-refractivity contribution in [1.82, 2.24) is 9.80 Å². The van der Waals surface area contributed by atoms with Crippen molar-refractivity contribution in [3.05, 3.63) is 60.0 Å². The van der Waals surface area contributed by atoms with Gasteiger partial charge in [0, 0.05) is 36.8 Å². The van der Waals surface area contributed by atoms with Gasteiger partial charge in [0.05, 0.1) is 24.2 Å². The molecule has 1 fully saturated rings. The van der Waals surface area contributed by atoms with E-state index >= 15 is 0 Å². The Hall–Kier alpha value is -2.73. The van der Waals surface area contributed by atoms with Crippen molar-refractivity contribution in [2.45, 2.75) is 44.1 Å². The quantitative estimate of drug-likeness (QED) is 0.794. The third-order valence-electron chi connectivity index (χ3n) is 6.16. The first-order chi connectivity index (χ1) is 14.4. The molecule has 0 aromatic heterocycles. The number of amides is 1. The fourth-order valence-corrected chi connectivity index (χ4v) is 4.26. The molecule has 2 heterocycles. The minimum atomic E-state index is -0.919. The van der Waals surface area contributed by atoms with E-state index in [2.05, 4.69) is 29.8 Å². The van der Waals surface area contributed by atoms with Crippen LogP contribution in [-0.4, -0.2) is 52.4 Å². The molecule has 4 rings (SSSR count). The fraction of sp³-hybridized carbons (Fsp3) is 0.417. The largest absolute Gasteiger partial charge is 0.388 e. The molecule has 1 aromatic carbocycles. The zero-order valence-electron chi connectivity index (χ0n) is 17.2. The Morgan fingerprint density at radius 3 is 2.80 bits per heavy atom. The summed E-state index contributed by atoms with van der Waals surface area (Å²) in [4.78, 5) is 20.6. The van der Waals surface area contributed by atoms with Gasteiger partial charge >= 0.3 is 0 Å². The maximum Gasteiger partial charge on any atom is 0.222 e. The van der Waals surface area contributed by atoms with E-state index in [1.54, 1.807) is 12.4 Å². The van der Waals surface area contributed by atoms with E-state index in [0.29, 0.717) is 50.3 Å². The van der Waals surface area contributed by atoms with Crippen LogP contribution in [0.3, 0.4) is 0 Å². The maximum atomic E-state index is 13.4. The Morgan fingerprint density at radius 2 is 2.07 bits per heavy atom. The zero-order chi connectivity index (χ0) is 21.1. The minimum Gasteiger partial charge on any atom is -0.388 e. The van der Waals surface area contributed by atoms with Gasteiger partial charge in [0.2, 0.25) is 5.91 Å². The van der Waals surface area contributed by atoms with Gasteiger partial charge in [-0.25, -0.2) is 9.38 Å². The van der Waals surface area contributed by atoms with Gasteiger partial charge in [-0.05, 0) is 44.2 Å². The van der Waals surface area contributed by atoms with E-state index in [4.69, 9.17) is 0 Å². The van der Waals surface area contributed by atoms with Crippen LogP contribution in [-0.2, 0) is 4.79 Å². The number of aliphatic hydroxyl groups is 1. The first-order valence-corrected chi connectivity index (χ1v) is 10.6. The van der Waals surface area contributed by atoms with Crippen molar-refractivity contribution in [3.63, 3.8) is 0 Å². The highest BCUT2D eigenvalue weighted by molar-refractivity contribution is 5.86. The molecule has 1 N–H and O–H groups in total. The van der Waals surface area contributed by atoms with Crippen LogP contribution in [0.15, 0.2) is 53.6 Å². The van der Waals surface area contributed by atoms with E-state index in [-0.39, 0.29) is 11.7 Å². The second-order valence-electron chi connectivity index (χ2n) is 8.34. The lowest BCUT2D eigenvalue weighted by atomic mass is 9.90. The normalized spacial score (nSPS) is 20.2. The molecule has 1 aliphatic carbocycles. The zero-order valence-corrected chi connectivity index (χ0v) is 17.2. The number of β-amino-alcohol motifs (C(OH)–C–C–N with tert-alkyl or cyclic N) is 1. The summed E-state index contributed by atoms with van der Waals surface area (Å²) in [5.74, 6) is -0.185. The standard InChI is InChI=1S/C24H28FN3O2/c1-18-21-9-8-20(25)15-22(21)26-17-28(18)16-24(30)11-13-27(14-12-24)23(29)10-7-19-5-3-2-4-6-19/h3,5-6,8-9,15,17,30H,1-2,4,7,10-14,16H2. The van der Waals surface area contributed by atoms with Crippen LogP contribution in [0.1, 0.15) is 44.1 Å². The van der Waals surface area contributed by atoms with Crippen molar-refractivity contribution in [2.24, 2.45) is 4.99 Å². The monoisotopic (exact) mass is 409 g/mol. The number of hydrogen-bond donors (Lipinski definition) is 1. The number of piperidine rings is 1. The Kier molecular flexibility index (Phi) is 5.86. The van der Waals surface area contributed by atoms with E-state index in [0.717, 1.165) is 24.8 Å². The number of hydrogen-bond acceptors (Lipinski definition) is 4. The first kappa shape index (κ1) is 20.5. The van der Waals surface area contributed by atoms with E-state index in [9.17, 15) is 14.3 Å². The number of carbonyl (C=O) groups is 1. The molecule has 5 nitrogen and oxygen atoms in total. The number of nitrogens with zero attached hydrogens (tertiary/aromatic N) is 3. The van der Waals surface area contributed by atoms with Crippen LogP contribution in [0.5, 0.6) is 0 Å². The second kappa shape index (κ2) is 8.56. The number of benzene rings is 1. The maximum absolute atomic E-state index is 13.4. The number of fused-ring (bicyclic) bond motifs is 1. The van der Waals surface area contributed by atoms with Crippen LogP contribution >= 0.6 is 0 Å². The Labute approximate surface area is 176 Å². The molecule has 0 bridgehead atoms. The predicted octanol–water partition coefficient (Wildman–Crippen LogP) is 4.18. The summed E-state index contributed by atoms with van der Waals surface area (Å²) >= 11 is 0. The number of halogens is 1. The Bertz CT molecular complexity index is 926. The van der Waals surface area contributed by atoms with Crippen LogP contribution in [0.2, 0.25) is 0 Å². The van der Waals surface area contributed by atoms with Crippen LogP contribution < -0.4 is 0 Å². The Balaban J connectivity index is 1.30. The van der Waals surface area contributed by atoms with Crippen LogP contribution in [0.4, 0.5) is 10.1 Å². The molecule has 3 aliphatic rings. The summed E-state index contributed by atoms with van der Waals surface area (Å²) in [5, 5.41) is 11.1. The summed E-state index contributed by atoms with van der Waals surface area (Å²) in [6.07, 6.45) is 12.5. The number of aliphatic imine (C=N–C) groups is 1. The fourth-order valence-electron chi connectivity index (χ4n) is 4.26. The van der Waals surface area contributed by atoms with Crippen LogP contribution in [0, 0.1) is 5.82 Å². The number of rotatable bonds is 5. The SMILES string of the molecule is C=C1c2ccc(F)cc2N=CN1CC1(O)CCN(C(=O)CCC2=CCCC=C2)CC1. The highest BCUT2D eigenvalue weighted by Gasteiger charge is 2.36. The molecule has 6 heteroatoms. The van der Waals surface area contributed by atoms with Gasteiger partial charge in [-0.1, -0.05) is 30.4 Å². The lowest BCUT2D eigenvalue weighted by molar-refractivity contribution is -0.135. The molecule has 0 spiro atoms. The third kappa shape index (κ3) is 4.54. The first-order valence-electron chi connectivity index (χ1n) is 10.6. The molecule has 0 unspecified atom stereocenters. The van der Waals surface area contributed by atoms with E-state index in [1.165, 1.54) is 17.7 Å². The summed E-state index contributed by atoms with van der Waals surface area (Å²) < 4.78 is 13.4. The van der Waals surface area contributed by atoms with Gasteiger partial charge in [-0.15, -0.1) is 0 Å². The van der Waals surface area contributed by atoms with Crippen molar-refractivity contribution < 1.29 is 14.3 Å². The van der Waals surface area contributed by atoms with Gasteiger partial charge in [0.15, 0.2) is 0 Å². The summed E-state index contributed by atoms with van der Waals surface area (Å²) in [6.45, 7) is 5.54. The molecule has 1 amide bonds. The lowest BCUT2D eigenvalue weighted by Gasteiger charge is -2.41. The molecular weight excluding hydrogens is 381 g/mol. The molecular formula is C24H28FN3O2. The van der Waals surface area contributed by atoms with Crippen molar-refractivity contribution in [1.29, 1.82) is 0 Å². The van der Waals surface area contributed by atoms with Crippen LogP contribution in [0.25, 0.3) is 5.70 Å². The molecule has 2 aliphatic heterocycles. The molecule has 30 heavy (non-hydrogen) atoms. The molecule has 0 atom stereocenters. The average Bonchev–Trinajstić information content (AvgIpc) is 2.75. The summed E-state index contributed by atoms with van der Waals surface area (Å²) in [5.41, 5.74) is 2.33. The number of allylic oxidation sites excluding steroid dienone is 4. The van der Waals surface area contributed by atoms with Gasteiger partial charge in [-0.2, -0.15) is 0 Å². The second-order valence-corrected chi connectivity index (χ2v) is 8.34. The van der Waals surface area contributed by atoms with Crippen molar-refractivity contribution >= 4 is 23.6 Å². The molecule has 1 saturated heterocycles. The van der Waals surface area contributed by atoms with E-state index < -0.39 is 5.60 Å². The summed E-state index contributed by atoms with van der Waals surface area (Å²) in [7, 11) is 0. The summed E-state index contributed by atoms with van der Waals surface area (Å²) in [6, 6.07) is 4.44. The molecule has 158 valence electrons. The minimum absolute atomic E-state index is 0.150. The third-order valence-corrected chi connectivity index (χ3v) is 6.16. The highest BCUT2D eigenvalue weighted by atomic mass is 19.1. The molecule has 0 saturated carbocycles. The molecule has 1 aromatic rings. The van der Waals surface area contributed by atoms with Gasteiger partial charge in [0.25, 0.3) is 0 Å². The van der Waals surface area contributed by atoms with E-state index in [1.807, 2.05) is 9.80 Å². The van der Waals surface area contributed by atoms with Gasteiger partial charge in [0.1, 0.15) is 5.82 Å².